The Morgan fingerprint density at radius 1 is 0.970 bits per heavy atom. The molecule has 1 aromatic heterocycles. The molecule has 2 aromatic carbocycles. The summed E-state index contributed by atoms with van der Waals surface area (Å²) in [5.74, 6) is 0.837. The lowest BCUT2D eigenvalue weighted by Crippen LogP contribution is -2.30. The number of nitrogens with zero attached hydrogens (tertiary/aromatic N) is 2. The van der Waals surface area contributed by atoms with Gasteiger partial charge in [0.25, 0.3) is 0 Å². The summed E-state index contributed by atoms with van der Waals surface area (Å²) in [6.07, 6.45) is 5.04. The quantitative estimate of drug-likeness (QED) is 0.431. The predicted octanol–water partition coefficient (Wildman–Crippen LogP) is 5.62. The lowest BCUT2D eigenvalue weighted by molar-refractivity contribution is 0.0968. The van der Waals surface area contributed by atoms with Crippen LogP contribution in [0.3, 0.4) is 0 Å². The zero-order chi connectivity index (χ0) is 23.0. The Morgan fingerprint density at radius 2 is 1.64 bits per heavy atom. The molecule has 1 aliphatic rings. The largest absolute Gasteiger partial charge is 0.457 e. The molecule has 1 saturated heterocycles. The molecular weight excluding hydrogens is 419 g/mol. The maximum absolute atomic E-state index is 13.1. The van der Waals surface area contributed by atoms with Crippen molar-refractivity contribution in [1.82, 2.24) is 9.88 Å². The van der Waals surface area contributed by atoms with Crippen molar-refractivity contribution in [1.29, 1.82) is 0 Å². The maximum Gasteiger partial charge on any atom is 0.181 e. The molecule has 6 heteroatoms. The van der Waals surface area contributed by atoms with Crippen LogP contribution in [0.1, 0.15) is 48.2 Å². The van der Waals surface area contributed by atoms with Gasteiger partial charge in [0.15, 0.2) is 5.78 Å². The van der Waals surface area contributed by atoms with Crippen LogP contribution in [0.15, 0.2) is 60.7 Å². The van der Waals surface area contributed by atoms with Crippen molar-refractivity contribution in [3.05, 3.63) is 77.7 Å². The minimum absolute atomic E-state index is 0.000164. The van der Waals surface area contributed by atoms with Gasteiger partial charge < -0.3 is 14.7 Å². The summed E-state index contributed by atoms with van der Waals surface area (Å²) in [5, 5.41) is 9.70. The number of ether oxygens (including phenoxy) is 1. The summed E-state index contributed by atoms with van der Waals surface area (Å²) in [7, 11) is 0. The van der Waals surface area contributed by atoms with Crippen LogP contribution in [-0.2, 0) is 6.61 Å². The van der Waals surface area contributed by atoms with E-state index in [0.717, 1.165) is 31.6 Å². The predicted molar refractivity (Wildman–Crippen MR) is 126 cm³/mol. The molecule has 0 amide bonds. The van der Waals surface area contributed by atoms with Gasteiger partial charge in [-0.1, -0.05) is 6.42 Å². The summed E-state index contributed by atoms with van der Waals surface area (Å²) in [5.41, 5.74) is 2.50. The number of aromatic nitrogens is 1. The second kappa shape index (κ2) is 11.2. The molecule has 1 fully saturated rings. The van der Waals surface area contributed by atoms with Gasteiger partial charge in [-0.15, -0.1) is 0 Å². The third-order valence-corrected chi connectivity index (χ3v) is 5.88. The van der Waals surface area contributed by atoms with Crippen molar-refractivity contribution in [2.75, 3.05) is 19.6 Å². The number of rotatable bonds is 9. The average Bonchev–Trinajstić information content (AvgIpc) is 2.86. The van der Waals surface area contributed by atoms with E-state index < -0.39 is 0 Å². The molecule has 0 unspecified atom stereocenters. The van der Waals surface area contributed by atoms with Gasteiger partial charge >= 0.3 is 0 Å². The molecule has 1 N–H and O–H groups in total. The molecule has 0 radical (unpaired) electrons. The summed E-state index contributed by atoms with van der Waals surface area (Å²) < 4.78 is 18.8. The number of carbonyl (C=O) groups excluding carboxylic acids is 1. The smallest absolute Gasteiger partial charge is 0.181 e. The first kappa shape index (κ1) is 23.1. The van der Waals surface area contributed by atoms with E-state index in [1.54, 1.807) is 36.4 Å². The van der Waals surface area contributed by atoms with E-state index in [9.17, 15) is 14.3 Å². The van der Waals surface area contributed by atoms with E-state index in [2.05, 4.69) is 9.88 Å². The first-order chi connectivity index (χ1) is 16.1. The minimum atomic E-state index is -0.315. The van der Waals surface area contributed by atoms with Crippen LogP contribution >= 0.6 is 0 Å². The number of ketones is 1. The lowest BCUT2D eigenvalue weighted by Gasteiger charge is -2.26. The highest BCUT2D eigenvalue weighted by atomic mass is 19.1. The van der Waals surface area contributed by atoms with Crippen LogP contribution in [0.2, 0.25) is 0 Å². The van der Waals surface area contributed by atoms with E-state index in [0.29, 0.717) is 34.9 Å². The van der Waals surface area contributed by atoms with Crippen LogP contribution in [0, 0.1) is 5.82 Å². The minimum Gasteiger partial charge on any atom is -0.457 e. The molecule has 2 heterocycles. The number of carbonyl (C=O) groups is 1. The SMILES string of the molecule is O=C(CCCN1CCCCC1)c1cc(CO)cc(-c2ccc(Oc3ccc(F)cc3)cc2)n1. The molecule has 0 atom stereocenters. The van der Waals surface area contributed by atoms with Gasteiger partial charge in [-0.05, 0) is 105 Å². The normalized spacial score (nSPS) is 14.2. The molecule has 33 heavy (non-hydrogen) atoms. The van der Waals surface area contributed by atoms with Gasteiger partial charge in [-0.2, -0.15) is 0 Å². The van der Waals surface area contributed by atoms with Crippen LogP contribution in [-0.4, -0.2) is 40.4 Å². The highest BCUT2D eigenvalue weighted by Crippen LogP contribution is 2.26. The molecule has 3 aromatic rings. The number of likely N-dealkylation sites (tertiary alicyclic amines) is 1. The number of pyridine rings is 1. The number of aliphatic hydroxyl groups is 1. The Hall–Kier alpha value is -3.09. The number of halogens is 1. The fourth-order valence-electron chi connectivity index (χ4n) is 4.08. The van der Waals surface area contributed by atoms with Gasteiger partial charge in [0.2, 0.25) is 0 Å². The Labute approximate surface area is 193 Å². The molecule has 0 saturated carbocycles. The number of hydrogen-bond donors (Lipinski definition) is 1. The number of benzene rings is 2. The Morgan fingerprint density at radius 3 is 2.30 bits per heavy atom. The topological polar surface area (TPSA) is 62.7 Å². The van der Waals surface area contributed by atoms with E-state index in [1.165, 1.54) is 31.4 Å². The zero-order valence-corrected chi connectivity index (χ0v) is 18.7. The van der Waals surface area contributed by atoms with E-state index in [-0.39, 0.29) is 18.2 Å². The van der Waals surface area contributed by atoms with Crippen LogP contribution in [0.5, 0.6) is 11.5 Å². The van der Waals surface area contributed by atoms with E-state index >= 15 is 0 Å². The maximum atomic E-state index is 13.1. The van der Waals surface area contributed by atoms with Gasteiger partial charge in [0.05, 0.1) is 12.3 Å². The Kier molecular flexibility index (Phi) is 7.81. The molecule has 172 valence electrons. The summed E-state index contributed by atoms with van der Waals surface area (Å²) >= 11 is 0. The third-order valence-electron chi connectivity index (χ3n) is 5.88. The molecule has 0 spiro atoms. The van der Waals surface area contributed by atoms with Crippen molar-refractivity contribution in [3.63, 3.8) is 0 Å². The Balaban J connectivity index is 1.43. The molecule has 5 nitrogen and oxygen atoms in total. The van der Waals surface area contributed by atoms with Gasteiger partial charge in [-0.3, -0.25) is 4.79 Å². The third kappa shape index (κ3) is 6.46. The van der Waals surface area contributed by atoms with Crippen molar-refractivity contribution in [3.8, 4) is 22.8 Å². The lowest BCUT2D eigenvalue weighted by atomic mass is 10.0. The molecule has 1 aliphatic heterocycles. The molecule has 0 bridgehead atoms. The number of Topliss-reactive ketones (excluding diaryl/α,β-unsaturated/α-hetero) is 1. The number of piperidine rings is 1. The first-order valence-electron chi connectivity index (χ1n) is 11.5. The number of hydrogen-bond acceptors (Lipinski definition) is 5. The fraction of sp³-hybridized carbons (Fsp3) is 0.333. The van der Waals surface area contributed by atoms with Crippen LogP contribution in [0.4, 0.5) is 4.39 Å². The summed E-state index contributed by atoms with van der Waals surface area (Å²) in [4.78, 5) is 19.8. The Bertz CT molecular complexity index is 1060. The van der Waals surface area contributed by atoms with Gasteiger partial charge in [0, 0.05) is 12.0 Å². The highest BCUT2D eigenvalue weighted by Gasteiger charge is 2.14. The fourth-order valence-corrected chi connectivity index (χ4v) is 4.08. The average molecular weight is 449 g/mol. The van der Waals surface area contributed by atoms with Gasteiger partial charge in [0.1, 0.15) is 23.0 Å². The van der Waals surface area contributed by atoms with E-state index in [1.807, 2.05) is 12.1 Å². The second-order valence-electron chi connectivity index (χ2n) is 8.41. The summed E-state index contributed by atoms with van der Waals surface area (Å²) in [6, 6.07) is 16.6. The van der Waals surface area contributed by atoms with Crippen LogP contribution in [0.25, 0.3) is 11.3 Å². The molecule has 4 rings (SSSR count). The zero-order valence-electron chi connectivity index (χ0n) is 18.7. The highest BCUT2D eigenvalue weighted by molar-refractivity contribution is 5.95. The van der Waals surface area contributed by atoms with Crippen molar-refractivity contribution in [2.24, 2.45) is 0 Å². The monoisotopic (exact) mass is 448 g/mol. The van der Waals surface area contributed by atoms with Crippen molar-refractivity contribution < 1.29 is 19.0 Å². The second-order valence-corrected chi connectivity index (χ2v) is 8.41. The first-order valence-corrected chi connectivity index (χ1v) is 11.5. The van der Waals surface area contributed by atoms with Crippen molar-refractivity contribution >= 4 is 5.78 Å². The molecular formula is C27H29FN2O3. The van der Waals surface area contributed by atoms with Crippen LogP contribution < -0.4 is 4.74 Å². The molecule has 0 aliphatic carbocycles. The van der Waals surface area contributed by atoms with Gasteiger partial charge in [-0.25, -0.2) is 9.37 Å². The number of aliphatic hydroxyl groups excluding tert-OH is 1. The van der Waals surface area contributed by atoms with E-state index in [4.69, 9.17) is 4.74 Å². The standard InChI is InChI=1S/C27H29FN2O3/c28-22-8-12-24(13-9-22)33-23-10-6-21(7-11-23)25-17-20(19-31)18-26(29-25)27(32)5-4-16-30-14-2-1-3-15-30/h6-13,17-18,31H,1-5,14-16,19H2. The van der Waals surface area contributed by atoms with Crippen molar-refractivity contribution in [2.45, 2.75) is 38.7 Å². The summed E-state index contributed by atoms with van der Waals surface area (Å²) in [6.45, 7) is 3.03.